The van der Waals surface area contributed by atoms with Gasteiger partial charge in [0.2, 0.25) is 0 Å². The molecule has 124 valence electrons. The third-order valence-corrected chi connectivity index (χ3v) is 2.88. The van der Waals surface area contributed by atoms with Crippen LogP contribution in [0.1, 0.15) is 25.5 Å². The maximum Gasteiger partial charge on any atom is 0.516 e. The van der Waals surface area contributed by atoms with Gasteiger partial charge in [-0.2, -0.15) is 4.68 Å². The topological polar surface area (TPSA) is 144 Å². The van der Waals surface area contributed by atoms with Crippen molar-refractivity contribution in [1.29, 1.82) is 0 Å². The van der Waals surface area contributed by atoms with Crippen molar-refractivity contribution < 1.29 is 19.1 Å². The average Bonchev–Trinajstić information content (AvgIpc) is 2.94. The first-order valence-corrected chi connectivity index (χ1v) is 6.94. The Morgan fingerprint density at radius 3 is 2.87 bits per heavy atom. The minimum atomic E-state index is -1.11. The van der Waals surface area contributed by atoms with Gasteiger partial charge in [0.15, 0.2) is 5.65 Å². The molecule has 0 saturated carbocycles. The van der Waals surface area contributed by atoms with E-state index in [1.54, 1.807) is 0 Å². The number of esters is 1. The van der Waals surface area contributed by atoms with Gasteiger partial charge < -0.3 is 15.2 Å². The first-order valence-electron chi connectivity index (χ1n) is 6.94. The van der Waals surface area contributed by atoms with Gasteiger partial charge in [-0.05, 0) is 6.42 Å². The average molecular weight is 324 g/mol. The summed E-state index contributed by atoms with van der Waals surface area (Å²) < 4.78 is 10.9. The van der Waals surface area contributed by atoms with E-state index in [2.05, 4.69) is 24.8 Å². The molecule has 2 aromatic rings. The quantitative estimate of drug-likeness (QED) is 0.411. The summed E-state index contributed by atoms with van der Waals surface area (Å²) in [4.78, 5) is 38.9. The lowest BCUT2D eigenvalue weighted by atomic mass is 10.4. The molecule has 0 saturated heterocycles. The van der Waals surface area contributed by atoms with Crippen LogP contribution in [0.4, 0.5) is 4.79 Å². The van der Waals surface area contributed by atoms with Crippen molar-refractivity contribution in [3.8, 4) is 0 Å². The van der Waals surface area contributed by atoms with Crippen LogP contribution in [0.25, 0.3) is 5.65 Å². The molecule has 0 aliphatic heterocycles. The third-order valence-electron chi connectivity index (χ3n) is 2.88. The van der Waals surface area contributed by atoms with Crippen LogP contribution in [0.5, 0.6) is 0 Å². The first-order chi connectivity index (χ1) is 11.1. The number of fused-ring (bicyclic) bond motifs is 1. The molecule has 0 spiro atoms. The predicted molar refractivity (Wildman–Crippen MR) is 75.3 cm³/mol. The Morgan fingerprint density at radius 1 is 1.39 bits per heavy atom. The highest BCUT2D eigenvalue weighted by Gasteiger charge is 2.16. The summed E-state index contributed by atoms with van der Waals surface area (Å²) in [5.41, 5.74) is 5.42. The van der Waals surface area contributed by atoms with Crippen LogP contribution in [0.2, 0.25) is 0 Å². The Balaban J connectivity index is 2.04. The molecule has 2 heterocycles. The van der Waals surface area contributed by atoms with Crippen LogP contribution >= 0.6 is 0 Å². The molecule has 0 fully saturated rings. The molecular formula is C12H16N6O5. The smallest absolute Gasteiger partial charge is 0.434 e. The Labute approximate surface area is 130 Å². The zero-order valence-electron chi connectivity index (χ0n) is 12.5. The van der Waals surface area contributed by atoms with Crippen LogP contribution in [0, 0.1) is 0 Å². The number of ether oxygens (including phenoxy) is 2. The van der Waals surface area contributed by atoms with Crippen molar-refractivity contribution in [2.24, 2.45) is 5.73 Å². The number of unbranched alkanes of at least 4 members (excludes halogenated alkanes) is 1. The molecule has 0 atom stereocenters. The Kier molecular flexibility index (Phi) is 5.36. The lowest BCUT2D eigenvalue weighted by molar-refractivity contribution is -0.140. The molecular weight excluding hydrogens is 308 g/mol. The number of rotatable bonds is 6. The van der Waals surface area contributed by atoms with Crippen molar-refractivity contribution in [1.82, 2.24) is 24.4 Å². The molecule has 0 radical (unpaired) electrons. The molecule has 0 aliphatic carbocycles. The maximum absolute atomic E-state index is 12.1. The van der Waals surface area contributed by atoms with Crippen molar-refractivity contribution in [2.45, 2.75) is 32.9 Å². The van der Waals surface area contributed by atoms with Crippen molar-refractivity contribution >= 4 is 17.8 Å². The van der Waals surface area contributed by atoms with Gasteiger partial charge >= 0.3 is 17.8 Å². The molecule has 11 nitrogen and oxygen atoms in total. The van der Waals surface area contributed by atoms with Gasteiger partial charge in [0.1, 0.15) is 18.6 Å². The molecule has 0 aromatic carbocycles. The highest BCUT2D eigenvalue weighted by atomic mass is 16.7. The van der Waals surface area contributed by atoms with E-state index in [1.165, 1.54) is 6.33 Å². The number of nitrogens with zero attached hydrogens (tertiary/aromatic N) is 5. The van der Waals surface area contributed by atoms with Gasteiger partial charge in [-0.25, -0.2) is 23.8 Å². The first kappa shape index (κ1) is 16.5. The van der Waals surface area contributed by atoms with Crippen LogP contribution in [0.15, 0.2) is 11.1 Å². The fraction of sp³-hybridized carbons (Fsp3) is 0.500. The van der Waals surface area contributed by atoms with Gasteiger partial charge in [-0.15, -0.1) is 5.10 Å². The summed E-state index contributed by atoms with van der Waals surface area (Å²) in [5.74, 6) is -0.985. The SMILES string of the molecule is CCCCOC(=O)OC(=O)Cn1nnc2c(CN)ncn2c1=O. The number of carbonyl (C=O) groups is 2. The van der Waals surface area contributed by atoms with Crippen molar-refractivity contribution in [2.75, 3.05) is 6.61 Å². The van der Waals surface area contributed by atoms with E-state index < -0.39 is 24.4 Å². The number of hydrogen-bond donors (Lipinski definition) is 1. The summed E-state index contributed by atoms with van der Waals surface area (Å²) >= 11 is 0. The monoisotopic (exact) mass is 324 g/mol. The zero-order valence-corrected chi connectivity index (χ0v) is 12.5. The summed E-state index contributed by atoms with van der Waals surface area (Å²) in [6.45, 7) is 1.60. The summed E-state index contributed by atoms with van der Waals surface area (Å²) in [6, 6.07) is 0. The molecule has 0 aliphatic rings. The van der Waals surface area contributed by atoms with E-state index in [1.807, 2.05) is 6.92 Å². The highest BCUT2D eigenvalue weighted by molar-refractivity contribution is 5.81. The molecule has 2 N–H and O–H groups in total. The fourth-order valence-electron chi connectivity index (χ4n) is 1.70. The van der Waals surface area contributed by atoms with Gasteiger partial charge in [0.25, 0.3) is 0 Å². The van der Waals surface area contributed by atoms with Gasteiger partial charge in [-0.3, -0.25) is 0 Å². The molecule has 2 rings (SSSR count). The predicted octanol–water partition coefficient (Wildman–Crippen LogP) is -0.775. The Hall–Kier alpha value is -2.82. The molecule has 11 heteroatoms. The zero-order chi connectivity index (χ0) is 16.8. The van der Waals surface area contributed by atoms with Crippen LogP contribution < -0.4 is 11.4 Å². The lowest BCUT2D eigenvalue weighted by Gasteiger charge is -2.05. The largest absolute Gasteiger partial charge is 0.516 e. The standard InChI is InChI=1S/C12H16N6O5/c1-2-3-4-22-12(21)23-9(19)6-18-11(20)17-7-14-8(5-13)10(17)15-16-18/h7H,2-6,13H2,1H3. The number of aromatic nitrogens is 5. The summed E-state index contributed by atoms with van der Waals surface area (Å²) in [5, 5.41) is 7.37. The number of imidazole rings is 1. The highest BCUT2D eigenvalue weighted by Crippen LogP contribution is 2.00. The van der Waals surface area contributed by atoms with E-state index >= 15 is 0 Å². The fourth-order valence-corrected chi connectivity index (χ4v) is 1.70. The second-order valence-corrected chi connectivity index (χ2v) is 4.54. The van der Waals surface area contributed by atoms with Crippen LogP contribution in [-0.2, 0) is 27.4 Å². The molecule has 23 heavy (non-hydrogen) atoms. The van der Waals surface area contributed by atoms with E-state index in [0.717, 1.165) is 15.5 Å². The van der Waals surface area contributed by atoms with E-state index in [4.69, 9.17) is 5.73 Å². The van der Waals surface area contributed by atoms with Gasteiger partial charge in [0, 0.05) is 6.54 Å². The third kappa shape index (κ3) is 3.88. The second-order valence-electron chi connectivity index (χ2n) is 4.54. The summed E-state index contributed by atoms with van der Waals surface area (Å²) in [6.07, 6.45) is 1.62. The van der Waals surface area contributed by atoms with E-state index in [-0.39, 0.29) is 18.8 Å². The minimum Gasteiger partial charge on any atom is -0.434 e. The number of nitrogens with two attached hydrogens (primary N) is 1. The molecule has 0 bridgehead atoms. The normalized spacial score (nSPS) is 10.7. The molecule has 0 amide bonds. The molecule has 0 unspecified atom stereocenters. The Morgan fingerprint density at radius 2 is 2.17 bits per heavy atom. The lowest BCUT2D eigenvalue weighted by Crippen LogP contribution is -2.33. The van der Waals surface area contributed by atoms with E-state index in [9.17, 15) is 14.4 Å². The maximum atomic E-state index is 12.1. The van der Waals surface area contributed by atoms with Crippen molar-refractivity contribution in [3.05, 3.63) is 22.5 Å². The van der Waals surface area contributed by atoms with Crippen LogP contribution in [0.3, 0.4) is 0 Å². The molecule has 2 aromatic heterocycles. The van der Waals surface area contributed by atoms with Crippen molar-refractivity contribution in [3.63, 3.8) is 0 Å². The summed E-state index contributed by atoms with van der Waals surface area (Å²) in [7, 11) is 0. The van der Waals surface area contributed by atoms with Gasteiger partial charge in [0.05, 0.1) is 6.61 Å². The van der Waals surface area contributed by atoms with Gasteiger partial charge in [-0.1, -0.05) is 18.6 Å². The number of carbonyl (C=O) groups excluding carboxylic acids is 2. The van der Waals surface area contributed by atoms with E-state index in [0.29, 0.717) is 12.1 Å². The number of hydrogen-bond acceptors (Lipinski definition) is 9. The Bertz CT molecular complexity index is 767. The minimum absolute atomic E-state index is 0.0975. The second kappa shape index (κ2) is 7.45. The van der Waals surface area contributed by atoms with Crippen LogP contribution in [-0.4, -0.2) is 43.1 Å².